The third-order valence-corrected chi connectivity index (χ3v) is 2.22. The number of amides is 2. The van der Waals surface area contributed by atoms with Crippen molar-refractivity contribution < 1.29 is 9.59 Å². The van der Waals surface area contributed by atoms with Gasteiger partial charge in [0.2, 0.25) is 0 Å². The molecule has 0 unspecified atom stereocenters. The van der Waals surface area contributed by atoms with Crippen molar-refractivity contribution in [3.8, 4) is 0 Å². The first-order valence-corrected chi connectivity index (χ1v) is 4.78. The predicted octanol–water partition coefficient (Wildman–Crippen LogP) is 0.385. The summed E-state index contributed by atoms with van der Waals surface area (Å²) in [6.45, 7) is 0. The van der Waals surface area contributed by atoms with E-state index in [0.29, 0.717) is 0 Å². The van der Waals surface area contributed by atoms with E-state index in [0.717, 1.165) is 10.0 Å². The molecule has 5 nitrogen and oxygen atoms in total. The van der Waals surface area contributed by atoms with Crippen molar-refractivity contribution >= 4 is 34.0 Å². The number of hydrazone groups is 1. The number of nitrogens with one attached hydrogen (secondary N) is 1. The minimum absolute atomic E-state index is 0.780. The van der Waals surface area contributed by atoms with Gasteiger partial charge in [0.15, 0.2) is 0 Å². The molecule has 1 rings (SSSR count). The Hall–Kier alpha value is -1.69. The highest BCUT2D eigenvalue weighted by atomic mass is 79.9. The Morgan fingerprint density at radius 3 is 2.67 bits per heavy atom. The number of carbonyl (C=O) groups excluding carboxylic acids is 2. The fourth-order valence-electron chi connectivity index (χ4n) is 0.795. The highest BCUT2D eigenvalue weighted by Gasteiger charge is 2.05. The standard InChI is InChI=1S/C9H8BrN3O2/c10-7-4-2-1-3-6(7)5-12-13-9(15)8(11)14/h1-5H,(H2,11,14)(H,13,15)/b12-5-. The lowest BCUT2D eigenvalue weighted by atomic mass is 10.2. The molecule has 0 saturated heterocycles. The molecule has 1 aromatic rings. The van der Waals surface area contributed by atoms with Crippen LogP contribution in [0.15, 0.2) is 33.8 Å². The third-order valence-electron chi connectivity index (χ3n) is 1.50. The Morgan fingerprint density at radius 2 is 2.07 bits per heavy atom. The molecule has 15 heavy (non-hydrogen) atoms. The number of primary amides is 1. The maximum Gasteiger partial charge on any atom is 0.329 e. The minimum Gasteiger partial charge on any atom is -0.361 e. The van der Waals surface area contributed by atoms with E-state index in [-0.39, 0.29) is 0 Å². The van der Waals surface area contributed by atoms with Gasteiger partial charge in [-0.2, -0.15) is 5.10 Å². The first-order chi connectivity index (χ1) is 7.11. The van der Waals surface area contributed by atoms with Crippen LogP contribution in [0.2, 0.25) is 0 Å². The summed E-state index contributed by atoms with van der Waals surface area (Å²) in [6.07, 6.45) is 1.41. The molecule has 2 amide bonds. The second kappa shape index (κ2) is 5.26. The van der Waals surface area contributed by atoms with Crippen LogP contribution in [0.3, 0.4) is 0 Å². The van der Waals surface area contributed by atoms with E-state index in [1.165, 1.54) is 6.21 Å². The monoisotopic (exact) mass is 269 g/mol. The van der Waals surface area contributed by atoms with Gasteiger partial charge in [0.1, 0.15) is 0 Å². The molecular formula is C9H8BrN3O2. The summed E-state index contributed by atoms with van der Waals surface area (Å²) >= 11 is 3.30. The van der Waals surface area contributed by atoms with Crippen LogP contribution in [0.25, 0.3) is 0 Å². The fourth-order valence-corrected chi connectivity index (χ4v) is 1.18. The molecule has 0 bridgehead atoms. The normalized spacial score (nSPS) is 10.2. The van der Waals surface area contributed by atoms with Gasteiger partial charge < -0.3 is 5.73 Å². The topological polar surface area (TPSA) is 84.5 Å². The van der Waals surface area contributed by atoms with E-state index >= 15 is 0 Å². The minimum atomic E-state index is -1.07. The summed E-state index contributed by atoms with van der Waals surface area (Å²) in [4.78, 5) is 21.0. The number of hydrogen-bond donors (Lipinski definition) is 2. The molecule has 0 aliphatic rings. The molecule has 3 N–H and O–H groups in total. The van der Waals surface area contributed by atoms with Crippen molar-refractivity contribution in [2.45, 2.75) is 0 Å². The highest BCUT2D eigenvalue weighted by molar-refractivity contribution is 9.10. The summed E-state index contributed by atoms with van der Waals surface area (Å²) < 4.78 is 0.835. The lowest BCUT2D eigenvalue weighted by molar-refractivity contribution is -0.137. The number of halogens is 1. The lowest BCUT2D eigenvalue weighted by Crippen LogP contribution is -2.32. The van der Waals surface area contributed by atoms with Crippen molar-refractivity contribution in [1.82, 2.24) is 5.43 Å². The van der Waals surface area contributed by atoms with E-state index in [1.54, 1.807) is 6.07 Å². The Morgan fingerprint density at radius 1 is 1.40 bits per heavy atom. The summed E-state index contributed by atoms with van der Waals surface area (Å²) in [6, 6.07) is 7.30. The highest BCUT2D eigenvalue weighted by Crippen LogP contribution is 2.13. The molecule has 0 aromatic heterocycles. The van der Waals surface area contributed by atoms with Gasteiger partial charge in [-0.25, -0.2) is 5.43 Å². The maximum atomic E-state index is 10.7. The van der Waals surface area contributed by atoms with Crippen molar-refractivity contribution in [2.24, 2.45) is 10.8 Å². The zero-order valence-corrected chi connectivity index (χ0v) is 9.19. The number of rotatable bonds is 2. The van der Waals surface area contributed by atoms with Gasteiger partial charge >= 0.3 is 11.8 Å². The summed E-state index contributed by atoms with van der Waals surface area (Å²) in [5, 5.41) is 3.57. The molecular weight excluding hydrogens is 262 g/mol. The van der Waals surface area contributed by atoms with Crippen LogP contribution in [0.1, 0.15) is 5.56 Å². The number of nitrogens with zero attached hydrogens (tertiary/aromatic N) is 1. The fraction of sp³-hybridized carbons (Fsp3) is 0. The lowest BCUT2D eigenvalue weighted by Gasteiger charge is -1.96. The molecule has 0 atom stereocenters. The van der Waals surface area contributed by atoms with Crippen LogP contribution < -0.4 is 11.2 Å². The Bertz CT molecular complexity index is 418. The zero-order valence-electron chi connectivity index (χ0n) is 7.61. The van der Waals surface area contributed by atoms with Crippen LogP contribution in [0, 0.1) is 0 Å². The van der Waals surface area contributed by atoms with Gasteiger partial charge in [-0.15, -0.1) is 0 Å². The quantitative estimate of drug-likeness (QED) is 0.462. The van der Waals surface area contributed by atoms with Crippen LogP contribution in [0.4, 0.5) is 0 Å². The second-order valence-electron chi connectivity index (χ2n) is 2.58. The number of carbonyl (C=O) groups is 2. The van der Waals surface area contributed by atoms with E-state index in [4.69, 9.17) is 5.73 Å². The molecule has 0 spiro atoms. The Kier molecular flexibility index (Phi) is 3.99. The molecule has 0 fully saturated rings. The molecule has 6 heteroatoms. The second-order valence-corrected chi connectivity index (χ2v) is 3.44. The van der Waals surface area contributed by atoms with Crippen LogP contribution >= 0.6 is 15.9 Å². The molecule has 0 aliphatic heterocycles. The van der Waals surface area contributed by atoms with Crippen molar-refractivity contribution in [1.29, 1.82) is 0 Å². The van der Waals surface area contributed by atoms with Crippen molar-refractivity contribution in [3.63, 3.8) is 0 Å². The van der Waals surface area contributed by atoms with Gasteiger partial charge in [-0.05, 0) is 6.07 Å². The van der Waals surface area contributed by atoms with Gasteiger partial charge in [-0.1, -0.05) is 34.1 Å². The SMILES string of the molecule is NC(=O)C(=O)N/N=C\c1ccccc1Br. The average molecular weight is 270 g/mol. The zero-order chi connectivity index (χ0) is 11.3. The van der Waals surface area contributed by atoms with Crippen LogP contribution in [-0.4, -0.2) is 18.0 Å². The molecule has 1 aromatic carbocycles. The first kappa shape index (κ1) is 11.4. The van der Waals surface area contributed by atoms with E-state index in [9.17, 15) is 9.59 Å². The largest absolute Gasteiger partial charge is 0.361 e. The van der Waals surface area contributed by atoms with E-state index in [1.807, 2.05) is 23.6 Å². The summed E-state index contributed by atoms with van der Waals surface area (Å²) in [5.41, 5.74) is 7.48. The smallest absolute Gasteiger partial charge is 0.329 e. The van der Waals surface area contributed by atoms with Gasteiger partial charge in [0.05, 0.1) is 6.21 Å². The number of nitrogens with two attached hydrogens (primary N) is 1. The molecule has 0 aliphatic carbocycles. The number of hydrogen-bond acceptors (Lipinski definition) is 3. The third kappa shape index (κ3) is 3.51. The number of benzene rings is 1. The van der Waals surface area contributed by atoms with Crippen molar-refractivity contribution in [3.05, 3.63) is 34.3 Å². The van der Waals surface area contributed by atoms with Gasteiger partial charge in [0.25, 0.3) is 0 Å². The average Bonchev–Trinajstić information content (AvgIpc) is 2.20. The molecule has 0 saturated carbocycles. The van der Waals surface area contributed by atoms with E-state index < -0.39 is 11.8 Å². The summed E-state index contributed by atoms with van der Waals surface area (Å²) in [7, 11) is 0. The summed E-state index contributed by atoms with van der Waals surface area (Å²) in [5.74, 6) is -2.02. The van der Waals surface area contributed by atoms with Gasteiger partial charge in [0, 0.05) is 10.0 Å². The predicted molar refractivity (Wildman–Crippen MR) is 59.1 cm³/mol. The van der Waals surface area contributed by atoms with Gasteiger partial charge in [-0.3, -0.25) is 9.59 Å². The van der Waals surface area contributed by atoms with Crippen LogP contribution in [0.5, 0.6) is 0 Å². The maximum absolute atomic E-state index is 10.7. The van der Waals surface area contributed by atoms with Crippen LogP contribution in [-0.2, 0) is 9.59 Å². The molecule has 0 radical (unpaired) electrons. The first-order valence-electron chi connectivity index (χ1n) is 3.98. The molecule has 78 valence electrons. The Balaban J connectivity index is 2.63. The molecule has 0 heterocycles. The van der Waals surface area contributed by atoms with E-state index in [2.05, 4.69) is 21.0 Å². The Labute approximate surface area is 94.5 Å². The van der Waals surface area contributed by atoms with Crippen molar-refractivity contribution in [2.75, 3.05) is 0 Å².